The zero-order valence-electron chi connectivity index (χ0n) is 13.5. The van der Waals surface area contributed by atoms with Crippen molar-refractivity contribution in [3.63, 3.8) is 0 Å². The predicted octanol–water partition coefficient (Wildman–Crippen LogP) is 3.33. The van der Waals surface area contributed by atoms with Crippen LogP contribution in [0.1, 0.15) is 31.2 Å². The molecule has 1 aromatic carbocycles. The first-order valence-electron chi connectivity index (χ1n) is 8.15. The average molecular weight is 419 g/mol. The average Bonchev–Trinajstić information content (AvgIpc) is 2.77. The number of hydrogen-bond donors (Lipinski definition) is 1. The molecule has 8 heteroatoms. The maximum absolute atomic E-state index is 13.1. The summed E-state index contributed by atoms with van der Waals surface area (Å²) in [7, 11) is 0. The number of halogens is 4. The molecular formula is C17H18BrF3N2O2. The van der Waals surface area contributed by atoms with Crippen molar-refractivity contribution in [3.05, 3.63) is 28.2 Å². The van der Waals surface area contributed by atoms with Crippen LogP contribution in [0.25, 0.3) is 0 Å². The van der Waals surface area contributed by atoms with Gasteiger partial charge in [-0.25, -0.2) is 0 Å². The lowest BCUT2D eigenvalue weighted by molar-refractivity contribution is -0.142. The highest BCUT2D eigenvalue weighted by atomic mass is 79.9. The van der Waals surface area contributed by atoms with Crippen LogP contribution in [0.5, 0.6) is 0 Å². The molecule has 0 bridgehead atoms. The Morgan fingerprint density at radius 3 is 2.60 bits per heavy atom. The van der Waals surface area contributed by atoms with Gasteiger partial charge < -0.3 is 10.2 Å². The second kappa shape index (κ2) is 6.72. The van der Waals surface area contributed by atoms with Gasteiger partial charge in [0.2, 0.25) is 5.91 Å². The normalized spacial score (nSPS) is 19.4. The molecule has 0 radical (unpaired) electrons. The number of Topliss-reactive ketones (excluding diaryl/α,β-unsaturated/α-hetero) is 1. The van der Waals surface area contributed by atoms with Crippen LogP contribution in [0.4, 0.5) is 18.9 Å². The lowest BCUT2D eigenvalue weighted by Gasteiger charge is -2.33. The van der Waals surface area contributed by atoms with E-state index >= 15 is 0 Å². The molecule has 0 atom stereocenters. The first-order chi connectivity index (χ1) is 11.7. The number of carbonyl (C=O) groups excluding carboxylic acids is 2. The molecule has 1 spiro atoms. The van der Waals surface area contributed by atoms with Crippen LogP contribution in [0.2, 0.25) is 0 Å². The van der Waals surface area contributed by atoms with Crippen LogP contribution >= 0.6 is 15.9 Å². The van der Waals surface area contributed by atoms with E-state index in [-0.39, 0.29) is 12.5 Å². The number of carbonyl (C=O) groups is 2. The van der Waals surface area contributed by atoms with Crippen molar-refractivity contribution in [2.24, 2.45) is 0 Å². The quantitative estimate of drug-likeness (QED) is 0.815. The largest absolute Gasteiger partial charge is 0.389 e. The molecule has 0 unspecified atom stereocenters. The molecule has 1 N–H and O–H groups in total. The fourth-order valence-corrected chi connectivity index (χ4v) is 4.43. The zero-order valence-corrected chi connectivity index (χ0v) is 15.0. The van der Waals surface area contributed by atoms with Gasteiger partial charge in [-0.2, -0.15) is 13.2 Å². The second-order valence-corrected chi connectivity index (χ2v) is 7.37. The van der Waals surface area contributed by atoms with Crippen molar-refractivity contribution in [2.75, 3.05) is 24.5 Å². The van der Waals surface area contributed by atoms with E-state index in [1.807, 2.05) is 6.07 Å². The third-order valence-electron chi connectivity index (χ3n) is 4.89. The van der Waals surface area contributed by atoms with E-state index in [1.165, 1.54) is 4.90 Å². The monoisotopic (exact) mass is 418 g/mol. The van der Waals surface area contributed by atoms with E-state index in [0.29, 0.717) is 31.6 Å². The molecule has 0 aromatic heterocycles. The van der Waals surface area contributed by atoms with Crippen LogP contribution in [0, 0.1) is 0 Å². The first kappa shape index (κ1) is 18.4. The van der Waals surface area contributed by atoms with Gasteiger partial charge in [-0.15, -0.1) is 0 Å². The number of benzene rings is 1. The van der Waals surface area contributed by atoms with Crippen molar-refractivity contribution < 1.29 is 22.8 Å². The minimum Gasteiger partial charge on any atom is -0.317 e. The Morgan fingerprint density at radius 1 is 1.28 bits per heavy atom. The van der Waals surface area contributed by atoms with Crippen molar-refractivity contribution in [3.8, 4) is 0 Å². The van der Waals surface area contributed by atoms with Crippen LogP contribution in [-0.2, 0) is 15.0 Å². The smallest absolute Gasteiger partial charge is 0.317 e. The number of amides is 1. The number of nitrogens with one attached hydrogen (secondary N) is 1. The van der Waals surface area contributed by atoms with E-state index in [9.17, 15) is 22.8 Å². The summed E-state index contributed by atoms with van der Waals surface area (Å²) in [6.45, 7) is 1.05. The van der Waals surface area contributed by atoms with Gasteiger partial charge in [0.05, 0.1) is 18.4 Å². The summed E-state index contributed by atoms with van der Waals surface area (Å²) in [5.41, 5.74) is 0.775. The molecule has 4 nitrogen and oxygen atoms in total. The Kier molecular flexibility index (Phi) is 4.94. The van der Waals surface area contributed by atoms with Crippen molar-refractivity contribution in [1.82, 2.24) is 5.32 Å². The van der Waals surface area contributed by atoms with Crippen LogP contribution < -0.4 is 10.2 Å². The van der Waals surface area contributed by atoms with Gasteiger partial charge in [0.25, 0.3) is 0 Å². The van der Waals surface area contributed by atoms with Gasteiger partial charge in [-0.05, 0) is 38.1 Å². The molecule has 2 aliphatic rings. The van der Waals surface area contributed by atoms with Crippen LogP contribution in [-0.4, -0.2) is 37.5 Å². The summed E-state index contributed by atoms with van der Waals surface area (Å²) < 4.78 is 37.8. The lowest BCUT2D eigenvalue weighted by atomic mass is 9.74. The standard InChI is InChI=1S/C17H18BrF3N2O2/c18-12-2-1-3-13-14(12)16(6-8-22-9-7-16)15(25)23(13)10-11(24)4-5-17(19,20)21/h1-3,22H,4-10H2. The van der Waals surface area contributed by atoms with Gasteiger partial charge in [0, 0.05) is 22.1 Å². The summed E-state index contributed by atoms with van der Waals surface area (Å²) >= 11 is 3.50. The second-order valence-electron chi connectivity index (χ2n) is 6.51. The van der Waals surface area contributed by atoms with E-state index < -0.39 is 30.2 Å². The fraction of sp³-hybridized carbons (Fsp3) is 0.529. The minimum atomic E-state index is -4.37. The van der Waals surface area contributed by atoms with E-state index in [0.717, 1.165) is 10.0 Å². The van der Waals surface area contributed by atoms with Gasteiger partial charge >= 0.3 is 6.18 Å². The molecule has 0 aliphatic carbocycles. The Bertz CT molecular complexity index is 700. The SMILES string of the molecule is O=C(CCC(F)(F)F)CN1C(=O)C2(CCNCC2)c2c(Br)cccc21. The highest BCUT2D eigenvalue weighted by molar-refractivity contribution is 9.10. The van der Waals surface area contributed by atoms with E-state index in [1.54, 1.807) is 12.1 Å². The summed E-state index contributed by atoms with van der Waals surface area (Å²) in [5.74, 6) is -0.765. The molecule has 1 saturated heterocycles. The van der Waals surface area contributed by atoms with E-state index in [2.05, 4.69) is 21.2 Å². The van der Waals surface area contributed by atoms with Gasteiger partial charge in [-0.3, -0.25) is 9.59 Å². The molecule has 1 amide bonds. The Labute approximate surface area is 151 Å². The predicted molar refractivity (Wildman–Crippen MR) is 90.6 cm³/mol. The number of ketones is 1. The number of fused-ring (bicyclic) bond motifs is 2. The molecule has 136 valence electrons. The number of anilines is 1. The number of piperidine rings is 1. The highest BCUT2D eigenvalue weighted by Gasteiger charge is 2.52. The van der Waals surface area contributed by atoms with E-state index in [4.69, 9.17) is 0 Å². The van der Waals surface area contributed by atoms with Crippen LogP contribution in [0.3, 0.4) is 0 Å². The third kappa shape index (κ3) is 3.46. The van der Waals surface area contributed by atoms with Crippen molar-refractivity contribution in [1.29, 1.82) is 0 Å². The van der Waals surface area contributed by atoms with Crippen molar-refractivity contribution >= 4 is 33.3 Å². The third-order valence-corrected chi connectivity index (χ3v) is 5.56. The molecule has 2 aliphatic heterocycles. The highest BCUT2D eigenvalue weighted by Crippen LogP contribution is 2.50. The molecular weight excluding hydrogens is 401 g/mol. The summed E-state index contributed by atoms with van der Waals surface area (Å²) in [5, 5.41) is 3.22. The molecule has 1 fully saturated rings. The molecule has 0 saturated carbocycles. The summed E-state index contributed by atoms with van der Waals surface area (Å²) in [4.78, 5) is 26.5. The molecule has 3 rings (SSSR count). The first-order valence-corrected chi connectivity index (χ1v) is 8.94. The molecule has 1 aromatic rings. The van der Waals surface area contributed by atoms with Crippen molar-refractivity contribution in [2.45, 2.75) is 37.3 Å². The lowest BCUT2D eigenvalue weighted by Crippen LogP contribution is -2.48. The summed E-state index contributed by atoms with van der Waals surface area (Å²) in [6, 6.07) is 5.38. The van der Waals surface area contributed by atoms with Gasteiger partial charge in [0.15, 0.2) is 5.78 Å². The minimum absolute atomic E-state index is 0.184. The molecule has 2 heterocycles. The maximum atomic E-state index is 13.1. The summed E-state index contributed by atoms with van der Waals surface area (Å²) in [6.07, 6.45) is -4.93. The molecule has 25 heavy (non-hydrogen) atoms. The maximum Gasteiger partial charge on any atom is 0.389 e. The Balaban J connectivity index is 1.88. The van der Waals surface area contributed by atoms with Gasteiger partial charge in [-0.1, -0.05) is 22.0 Å². The number of alkyl halides is 3. The number of nitrogens with zero attached hydrogens (tertiary/aromatic N) is 1. The Hall–Kier alpha value is -1.41. The Morgan fingerprint density at radius 2 is 1.96 bits per heavy atom. The van der Waals surface area contributed by atoms with Crippen LogP contribution in [0.15, 0.2) is 22.7 Å². The fourth-order valence-electron chi connectivity index (χ4n) is 3.70. The van der Waals surface area contributed by atoms with Gasteiger partial charge in [0.1, 0.15) is 0 Å². The number of rotatable bonds is 4. The number of hydrogen-bond acceptors (Lipinski definition) is 3. The zero-order chi connectivity index (χ0) is 18.2. The topological polar surface area (TPSA) is 49.4 Å².